The van der Waals surface area contributed by atoms with Gasteiger partial charge in [0.05, 0.1) is 6.54 Å². The number of pyridine rings is 1. The first-order chi connectivity index (χ1) is 6.63. The molecule has 2 N–H and O–H groups in total. The van der Waals surface area contributed by atoms with Crippen molar-refractivity contribution in [1.29, 1.82) is 0 Å². The molecular weight excluding hydrogens is 218 g/mol. The summed E-state index contributed by atoms with van der Waals surface area (Å²) in [6, 6.07) is 3.06. The molecule has 84 valence electrons. The number of amides is 1. The van der Waals surface area contributed by atoms with Crippen molar-refractivity contribution < 1.29 is 4.79 Å². The van der Waals surface area contributed by atoms with Gasteiger partial charge in [0.1, 0.15) is 0 Å². The molecule has 1 amide bonds. The van der Waals surface area contributed by atoms with Crippen molar-refractivity contribution in [3.63, 3.8) is 0 Å². The van der Waals surface area contributed by atoms with E-state index < -0.39 is 0 Å². The minimum absolute atomic E-state index is 0. The Morgan fingerprint density at radius 1 is 1.53 bits per heavy atom. The molecule has 5 nitrogen and oxygen atoms in total. The van der Waals surface area contributed by atoms with Gasteiger partial charge in [-0.05, 0) is 13.1 Å². The van der Waals surface area contributed by atoms with Gasteiger partial charge < -0.3 is 15.2 Å². The Balaban J connectivity index is 0.00000196. The number of hydrogen-bond acceptors (Lipinski definition) is 3. The van der Waals surface area contributed by atoms with Crippen LogP contribution < -0.4 is 16.2 Å². The highest BCUT2D eigenvalue weighted by molar-refractivity contribution is 5.92. The smallest absolute Gasteiger partial charge is 0.252 e. The van der Waals surface area contributed by atoms with E-state index in [4.69, 9.17) is 0 Å². The monoisotopic (exact) mass is 231 g/mol. The summed E-state index contributed by atoms with van der Waals surface area (Å²) in [5, 5.41) is 5.31. The van der Waals surface area contributed by atoms with Crippen LogP contribution in [0.4, 0.5) is 5.69 Å². The van der Waals surface area contributed by atoms with E-state index in [1.54, 1.807) is 26.4 Å². The lowest BCUT2D eigenvalue weighted by atomic mass is 10.4. The highest BCUT2D eigenvalue weighted by Gasteiger charge is 2.00. The number of rotatable bonds is 3. The van der Waals surface area contributed by atoms with E-state index in [0.717, 1.165) is 0 Å². The Kier molecular flexibility index (Phi) is 5.66. The second kappa shape index (κ2) is 6.21. The molecule has 0 aromatic carbocycles. The summed E-state index contributed by atoms with van der Waals surface area (Å²) in [6.07, 6.45) is 1.61. The molecule has 0 bridgehead atoms. The quantitative estimate of drug-likeness (QED) is 0.768. The van der Waals surface area contributed by atoms with Crippen molar-refractivity contribution in [2.45, 2.75) is 0 Å². The normalized spacial score (nSPS) is 9.20. The maximum absolute atomic E-state index is 11.2. The highest BCUT2D eigenvalue weighted by atomic mass is 35.5. The number of aryl methyl sites for hydroxylation is 1. The summed E-state index contributed by atoms with van der Waals surface area (Å²) >= 11 is 0. The fourth-order valence-corrected chi connectivity index (χ4v) is 0.992. The van der Waals surface area contributed by atoms with Gasteiger partial charge >= 0.3 is 0 Å². The molecule has 1 aromatic heterocycles. The van der Waals surface area contributed by atoms with Crippen LogP contribution in [0.2, 0.25) is 0 Å². The summed E-state index contributed by atoms with van der Waals surface area (Å²) in [5.74, 6) is -0.166. The van der Waals surface area contributed by atoms with Gasteiger partial charge in [0.25, 0.3) is 5.56 Å². The maximum atomic E-state index is 11.2. The number of likely N-dealkylation sites (N-methyl/N-ethyl adjacent to an activating group) is 1. The van der Waals surface area contributed by atoms with Crippen LogP contribution in [0.3, 0.4) is 0 Å². The summed E-state index contributed by atoms with van der Waals surface area (Å²) in [4.78, 5) is 22.3. The van der Waals surface area contributed by atoms with Gasteiger partial charge in [0, 0.05) is 25.0 Å². The van der Waals surface area contributed by atoms with E-state index in [1.807, 2.05) is 0 Å². The van der Waals surface area contributed by atoms with E-state index in [0.29, 0.717) is 5.69 Å². The van der Waals surface area contributed by atoms with Gasteiger partial charge in [-0.3, -0.25) is 9.59 Å². The molecule has 1 rings (SSSR count). The van der Waals surface area contributed by atoms with Crippen LogP contribution in [0.5, 0.6) is 0 Å². The van der Waals surface area contributed by atoms with Crippen LogP contribution in [0.15, 0.2) is 23.1 Å². The van der Waals surface area contributed by atoms with Crippen LogP contribution in [-0.4, -0.2) is 24.1 Å². The Hall–Kier alpha value is -1.33. The third-order valence-corrected chi connectivity index (χ3v) is 1.73. The van der Waals surface area contributed by atoms with Crippen LogP contribution in [0, 0.1) is 0 Å². The van der Waals surface area contributed by atoms with Crippen molar-refractivity contribution in [3.05, 3.63) is 28.7 Å². The number of nitrogens with zero attached hydrogens (tertiary/aromatic N) is 1. The maximum Gasteiger partial charge on any atom is 0.252 e. The average Bonchev–Trinajstić information content (AvgIpc) is 2.12. The molecule has 0 saturated heterocycles. The summed E-state index contributed by atoms with van der Waals surface area (Å²) in [6.45, 7) is 0.231. The van der Waals surface area contributed by atoms with Gasteiger partial charge in [0.2, 0.25) is 5.91 Å². The SMILES string of the molecule is CNCC(=O)Nc1ccn(C)c(=O)c1.Cl. The zero-order valence-electron chi connectivity index (χ0n) is 8.61. The van der Waals surface area contributed by atoms with Gasteiger partial charge in [-0.15, -0.1) is 12.4 Å². The Morgan fingerprint density at radius 3 is 2.73 bits per heavy atom. The zero-order valence-corrected chi connectivity index (χ0v) is 9.43. The molecule has 0 radical (unpaired) electrons. The third-order valence-electron chi connectivity index (χ3n) is 1.73. The molecule has 0 aliphatic carbocycles. The lowest BCUT2D eigenvalue weighted by Gasteiger charge is -2.04. The Labute approximate surface area is 93.9 Å². The first-order valence-electron chi connectivity index (χ1n) is 4.24. The largest absolute Gasteiger partial charge is 0.325 e. The van der Waals surface area contributed by atoms with Gasteiger partial charge in [-0.1, -0.05) is 0 Å². The fraction of sp³-hybridized carbons (Fsp3) is 0.333. The molecule has 0 saturated carbocycles. The van der Waals surface area contributed by atoms with Gasteiger partial charge in [0.15, 0.2) is 0 Å². The Morgan fingerprint density at radius 2 is 2.20 bits per heavy atom. The highest BCUT2D eigenvalue weighted by Crippen LogP contribution is 2.00. The molecular formula is C9H14ClN3O2. The number of aromatic nitrogens is 1. The van der Waals surface area contributed by atoms with Crippen molar-refractivity contribution in [2.75, 3.05) is 18.9 Å². The van der Waals surface area contributed by atoms with Crippen LogP contribution in [0.1, 0.15) is 0 Å². The first-order valence-corrected chi connectivity index (χ1v) is 4.24. The van der Waals surface area contributed by atoms with Crippen LogP contribution >= 0.6 is 12.4 Å². The summed E-state index contributed by atoms with van der Waals surface area (Å²) < 4.78 is 1.44. The molecule has 1 aromatic rings. The van der Waals surface area contributed by atoms with Gasteiger partial charge in [-0.25, -0.2) is 0 Å². The van der Waals surface area contributed by atoms with E-state index in [9.17, 15) is 9.59 Å². The molecule has 0 fully saturated rings. The summed E-state index contributed by atoms with van der Waals surface area (Å²) in [7, 11) is 3.34. The second-order valence-electron chi connectivity index (χ2n) is 2.94. The van der Waals surface area contributed by atoms with Crippen LogP contribution in [0.25, 0.3) is 0 Å². The number of halogens is 1. The number of carbonyl (C=O) groups excluding carboxylic acids is 1. The van der Waals surface area contributed by atoms with Crippen LogP contribution in [-0.2, 0) is 11.8 Å². The molecule has 0 atom stereocenters. The lowest BCUT2D eigenvalue weighted by Crippen LogP contribution is -2.26. The van der Waals surface area contributed by atoms with Crippen molar-refractivity contribution in [1.82, 2.24) is 9.88 Å². The van der Waals surface area contributed by atoms with Gasteiger partial charge in [-0.2, -0.15) is 0 Å². The fourth-order valence-electron chi connectivity index (χ4n) is 0.992. The first kappa shape index (κ1) is 13.7. The third kappa shape index (κ3) is 4.14. The van der Waals surface area contributed by atoms with E-state index in [1.165, 1.54) is 10.6 Å². The average molecular weight is 232 g/mol. The van der Waals surface area contributed by atoms with E-state index in [2.05, 4.69) is 10.6 Å². The molecule has 6 heteroatoms. The van der Waals surface area contributed by atoms with E-state index >= 15 is 0 Å². The standard InChI is InChI=1S/C9H13N3O2.ClH/c1-10-6-8(13)11-7-3-4-12(2)9(14)5-7;/h3-5,10H,6H2,1-2H3,(H,11,13);1H. The molecule has 15 heavy (non-hydrogen) atoms. The number of hydrogen-bond donors (Lipinski definition) is 2. The van der Waals surface area contributed by atoms with Crippen molar-refractivity contribution in [2.24, 2.45) is 7.05 Å². The van der Waals surface area contributed by atoms with Crippen molar-refractivity contribution >= 4 is 24.0 Å². The second-order valence-corrected chi connectivity index (χ2v) is 2.94. The van der Waals surface area contributed by atoms with Crippen molar-refractivity contribution in [3.8, 4) is 0 Å². The van der Waals surface area contributed by atoms with E-state index in [-0.39, 0.29) is 30.4 Å². The Bertz CT molecular complexity index is 389. The zero-order chi connectivity index (χ0) is 10.6. The predicted octanol–water partition coefficient (Wildman–Crippen LogP) is -0.0350. The molecule has 1 heterocycles. The molecule has 0 spiro atoms. The number of anilines is 1. The number of nitrogens with one attached hydrogen (secondary N) is 2. The molecule has 0 aliphatic rings. The molecule has 0 unspecified atom stereocenters. The molecule has 0 aliphatic heterocycles. The lowest BCUT2D eigenvalue weighted by molar-refractivity contribution is -0.115. The summed E-state index contributed by atoms with van der Waals surface area (Å²) in [5.41, 5.74) is 0.376. The minimum Gasteiger partial charge on any atom is -0.325 e. The number of carbonyl (C=O) groups is 1. The predicted molar refractivity (Wildman–Crippen MR) is 61.5 cm³/mol. The minimum atomic E-state index is -0.166. The topological polar surface area (TPSA) is 63.1 Å².